The zero-order valence-electron chi connectivity index (χ0n) is 17.6. The molecule has 2 heterocycles. The Bertz CT molecular complexity index is 1020. The number of rotatable bonds is 5. The minimum atomic E-state index is -3.66. The molecular weight excluding hydrogens is 416 g/mol. The quantitative estimate of drug-likeness (QED) is 0.766. The molecule has 7 nitrogen and oxygen atoms in total. The number of hydrogen-bond acceptors (Lipinski definition) is 5. The number of hydrogen-bond donors (Lipinski definition) is 1. The number of nitrogens with zero attached hydrogens (tertiary/aromatic N) is 1. The number of sulfonamides is 1. The fraction of sp³-hybridized carbons (Fsp3) is 0.435. The van der Waals surface area contributed by atoms with E-state index in [1.807, 2.05) is 37.3 Å². The Labute approximate surface area is 183 Å². The predicted molar refractivity (Wildman–Crippen MR) is 117 cm³/mol. The molecule has 1 atom stereocenters. The Balaban J connectivity index is 1.38. The average Bonchev–Trinajstić information content (AvgIpc) is 3.04. The second kappa shape index (κ2) is 9.28. The van der Waals surface area contributed by atoms with Crippen molar-refractivity contribution in [2.75, 3.05) is 26.3 Å². The van der Waals surface area contributed by atoms with E-state index in [0.717, 1.165) is 12.0 Å². The average molecular weight is 445 g/mol. The van der Waals surface area contributed by atoms with Crippen LogP contribution in [0.1, 0.15) is 37.8 Å². The summed E-state index contributed by atoms with van der Waals surface area (Å²) in [6.45, 7) is 3.63. The first-order valence-corrected chi connectivity index (χ1v) is 12.1. The molecule has 4 rings (SSSR count). The number of carbonyl (C=O) groups is 1. The maximum atomic E-state index is 13.1. The summed E-state index contributed by atoms with van der Waals surface area (Å²) in [5.41, 5.74) is 1.05. The van der Waals surface area contributed by atoms with E-state index in [1.165, 1.54) is 10.4 Å². The first-order chi connectivity index (χ1) is 14.9. The summed E-state index contributed by atoms with van der Waals surface area (Å²) in [6, 6.07) is 14.5. The molecule has 1 amide bonds. The van der Waals surface area contributed by atoms with Gasteiger partial charge in [0.1, 0.15) is 0 Å². The molecular formula is C23H28N2O5S. The van der Waals surface area contributed by atoms with Crippen molar-refractivity contribution in [1.82, 2.24) is 9.62 Å². The third kappa shape index (κ3) is 4.85. The lowest BCUT2D eigenvalue weighted by Gasteiger charge is -2.31. The second-order valence-corrected chi connectivity index (χ2v) is 9.92. The van der Waals surface area contributed by atoms with Gasteiger partial charge in [-0.15, -0.1) is 0 Å². The SMILES string of the molecule is CC(NC(=O)C1CCN(S(=O)(=O)c2ccc3c(c2)OCCCO3)CC1)c1ccccc1. The van der Waals surface area contributed by atoms with Crippen LogP contribution in [-0.2, 0) is 14.8 Å². The first-order valence-electron chi connectivity index (χ1n) is 10.7. The number of amides is 1. The van der Waals surface area contributed by atoms with Crippen LogP contribution in [0.5, 0.6) is 11.5 Å². The van der Waals surface area contributed by atoms with E-state index in [2.05, 4.69) is 5.32 Å². The molecule has 2 aliphatic rings. The van der Waals surface area contributed by atoms with E-state index in [-0.39, 0.29) is 22.8 Å². The zero-order chi connectivity index (χ0) is 21.8. The van der Waals surface area contributed by atoms with Crippen LogP contribution in [-0.4, -0.2) is 44.9 Å². The minimum absolute atomic E-state index is 0.0241. The molecule has 8 heteroatoms. The van der Waals surface area contributed by atoms with Crippen LogP contribution in [0.3, 0.4) is 0 Å². The van der Waals surface area contributed by atoms with E-state index >= 15 is 0 Å². The maximum Gasteiger partial charge on any atom is 0.243 e. The maximum absolute atomic E-state index is 13.1. The topological polar surface area (TPSA) is 84.9 Å². The van der Waals surface area contributed by atoms with Gasteiger partial charge in [0.25, 0.3) is 0 Å². The molecule has 1 saturated heterocycles. The number of fused-ring (bicyclic) bond motifs is 1. The number of piperidine rings is 1. The molecule has 0 aliphatic carbocycles. The molecule has 0 saturated carbocycles. The molecule has 1 fully saturated rings. The zero-order valence-corrected chi connectivity index (χ0v) is 18.4. The molecule has 0 spiro atoms. The van der Waals surface area contributed by atoms with Crippen LogP contribution in [0.15, 0.2) is 53.4 Å². The highest BCUT2D eigenvalue weighted by Crippen LogP contribution is 2.33. The third-order valence-electron chi connectivity index (χ3n) is 5.84. The standard InChI is InChI=1S/C23H28N2O5S/c1-17(18-6-3-2-4-7-18)24-23(26)19-10-12-25(13-11-19)31(27,28)20-8-9-21-22(16-20)30-15-5-14-29-21/h2-4,6-9,16-17,19H,5,10-15H2,1H3,(H,24,26). The summed E-state index contributed by atoms with van der Waals surface area (Å²) in [6.07, 6.45) is 1.75. The Morgan fingerprint density at radius 1 is 1.03 bits per heavy atom. The molecule has 2 aromatic carbocycles. The van der Waals surface area contributed by atoms with Crippen molar-refractivity contribution in [3.63, 3.8) is 0 Å². The third-order valence-corrected chi connectivity index (χ3v) is 7.73. The van der Waals surface area contributed by atoms with Crippen molar-refractivity contribution in [1.29, 1.82) is 0 Å². The summed E-state index contributed by atoms with van der Waals surface area (Å²) >= 11 is 0. The van der Waals surface area contributed by atoms with E-state index in [1.54, 1.807) is 12.1 Å². The fourth-order valence-electron chi connectivity index (χ4n) is 3.97. The summed E-state index contributed by atoms with van der Waals surface area (Å²) in [7, 11) is -3.66. The van der Waals surface area contributed by atoms with Gasteiger partial charge >= 0.3 is 0 Å². The van der Waals surface area contributed by atoms with E-state index in [9.17, 15) is 13.2 Å². The number of benzene rings is 2. The molecule has 166 valence electrons. The number of ether oxygens (including phenoxy) is 2. The van der Waals surface area contributed by atoms with Crippen molar-refractivity contribution >= 4 is 15.9 Å². The molecule has 1 N–H and O–H groups in total. The Morgan fingerprint density at radius 2 is 1.71 bits per heavy atom. The normalized spacial score (nSPS) is 18.7. The molecule has 0 bridgehead atoms. The van der Waals surface area contributed by atoms with E-state index in [4.69, 9.17) is 9.47 Å². The van der Waals surface area contributed by atoms with Crippen LogP contribution >= 0.6 is 0 Å². The van der Waals surface area contributed by atoms with Gasteiger partial charge in [0, 0.05) is 31.5 Å². The van der Waals surface area contributed by atoms with Crippen LogP contribution in [0.4, 0.5) is 0 Å². The lowest BCUT2D eigenvalue weighted by Crippen LogP contribution is -2.43. The smallest absolute Gasteiger partial charge is 0.243 e. The molecule has 31 heavy (non-hydrogen) atoms. The Hall–Kier alpha value is -2.58. The van der Waals surface area contributed by atoms with Gasteiger partial charge in [-0.3, -0.25) is 4.79 Å². The van der Waals surface area contributed by atoms with E-state index < -0.39 is 10.0 Å². The molecule has 1 unspecified atom stereocenters. The summed E-state index contributed by atoms with van der Waals surface area (Å²) in [5.74, 6) is 0.812. The van der Waals surface area contributed by atoms with Gasteiger partial charge in [-0.2, -0.15) is 4.31 Å². The van der Waals surface area contributed by atoms with E-state index in [0.29, 0.717) is 50.6 Å². The van der Waals surface area contributed by atoms with Crippen LogP contribution in [0.25, 0.3) is 0 Å². The van der Waals surface area contributed by atoms with Crippen molar-refractivity contribution in [3.05, 3.63) is 54.1 Å². The summed E-state index contributed by atoms with van der Waals surface area (Å²) in [4.78, 5) is 12.9. The van der Waals surface area contributed by atoms with Gasteiger partial charge in [0.05, 0.1) is 24.2 Å². The van der Waals surface area contributed by atoms with Gasteiger partial charge in [0.15, 0.2) is 11.5 Å². The lowest BCUT2D eigenvalue weighted by atomic mass is 9.96. The highest BCUT2D eigenvalue weighted by Gasteiger charge is 2.33. The van der Waals surface area contributed by atoms with Crippen molar-refractivity contribution in [3.8, 4) is 11.5 Å². The van der Waals surface area contributed by atoms with Crippen LogP contribution in [0, 0.1) is 5.92 Å². The highest BCUT2D eigenvalue weighted by atomic mass is 32.2. The summed E-state index contributed by atoms with van der Waals surface area (Å²) in [5, 5.41) is 3.05. The Kier molecular flexibility index (Phi) is 6.48. The molecule has 0 radical (unpaired) electrons. The van der Waals surface area contributed by atoms with Gasteiger partial charge < -0.3 is 14.8 Å². The first kappa shape index (κ1) is 21.6. The molecule has 2 aliphatic heterocycles. The second-order valence-electron chi connectivity index (χ2n) is 7.98. The van der Waals surface area contributed by atoms with Gasteiger partial charge in [-0.25, -0.2) is 8.42 Å². The molecule has 2 aromatic rings. The van der Waals surface area contributed by atoms with Crippen LogP contribution < -0.4 is 14.8 Å². The van der Waals surface area contributed by atoms with Crippen molar-refractivity contribution in [2.45, 2.75) is 37.1 Å². The van der Waals surface area contributed by atoms with Gasteiger partial charge in [-0.05, 0) is 37.5 Å². The fourth-order valence-corrected chi connectivity index (χ4v) is 5.45. The monoisotopic (exact) mass is 444 g/mol. The Morgan fingerprint density at radius 3 is 2.42 bits per heavy atom. The number of nitrogens with one attached hydrogen (secondary N) is 1. The predicted octanol–water partition coefficient (Wildman–Crippen LogP) is 3.13. The van der Waals surface area contributed by atoms with Crippen LogP contribution in [0.2, 0.25) is 0 Å². The van der Waals surface area contributed by atoms with Crippen molar-refractivity contribution in [2.24, 2.45) is 5.92 Å². The lowest BCUT2D eigenvalue weighted by molar-refractivity contribution is -0.126. The van der Waals surface area contributed by atoms with Gasteiger partial charge in [0.2, 0.25) is 15.9 Å². The number of carbonyl (C=O) groups excluding carboxylic acids is 1. The van der Waals surface area contributed by atoms with Crippen molar-refractivity contribution < 1.29 is 22.7 Å². The largest absolute Gasteiger partial charge is 0.490 e. The molecule has 0 aromatic heterocycles. The summed E-state index contributed by atoms with van der Waals surface area (Å²) < 4.78 is 38.9. The minimum Gasteiger partial charge on any atom is -0.490 e. The van der Waals surface area contributed by atoms with Gasteiger partial charge in [-0.1, -0.05) is 30.3 Å². The highest BCUT2D eigenvalue weighted by molar-refractivity contribution is 7.89.